The molecule has 0 bridgehead atoms. The molecule has 2 nitrogen and oxygen atoms in total. The Labute approximate surface area is 122 Å². The smallest absolute Gasteiger partial charge is 0.288 e. The molecule has 0 fully saturated rings. The van der Waals surface area contributed by atoms with Crippen molar-refractivity contribution in [3.8, 4) is 0 Å². The maximum absolute atomic E-state index is 13.3. The first kappa shape index (κ1) is 15.4. The van der Waals surface area contributed by atoms with Crippen molar-refractivity contribution in [1.82, 2.24) is 4.98 Å². The van der Waals surface area contributed by atoms with Gasteiger partial charge in [0.25, 0.3) is 0 Å². The summed E-state index contributed by atoms with van der Waals surface area (Å²) >= 11 is 5.63. The number of aryl methyl sites for hydroxylation is 1. The summed E-state index contributed by atoms with van der Waals surface area (Å²) in [4.78, 5) is 15.3. The zero-order chi connectivity index (χ0) is 15.8. The van der Waals surface area contributed by atoms with Crippen LogP contribution in [0.5, 0.6) is 0 Å². The summed E-state index contributed by atoms with van der Waals surface area (Å²) in [6.07, 6.45) is -4.65. The fourth-order valence-corrected chi connectivity index (χ4v) is 2.02. The Hall–Kier alpha value is -1.95. The molecule has 1 aromatic heterocycles. The quantitative estimate of drug-likeness (QED) is 0.466. The number of nitrogens with zero attached hydrogens (tertiary/aromatic N) is 1. The van der Waals surface area contributed by atoms with E-state index in [1.54, 1.807) is 6.92 Å². The SMILES string of the molecule is Cc1cc(F)cc(C(=O)c2ccc(C(F)(F)F)nc2Cl)c1. The van der Waals surface area contributed by atoms with Crippen molar-refractivity contribution in [2.24, 2.45) is 0 Å². The maximum atomic E-state index is 13.3. The van der Waals surface area contributed by atoms with Gasteiger partial charge in [0, 0.05) is 5.56 Å². The largest absolute Gasteiger partial charge is 0.433 e. The average molecular weight is 318 g/mol. The minimum Gasteiger partial charge on any atom is -0.288 e. The molecule has 0 N–H and O–H groups in total. The predicted molar refractivity (Wildman–Crippen MR) is 68.8 cm³/mol. The molecule has 2 rings (SSSR count). The Morgan fingerprint density at radius 1 is 1.19 bits per heavy atom. The molecule has 0 aliphatic rings. The Balaban J connectivity index is 2.44. The van der Waals surface area contributed by atoms with E-state index in [9.17, 15) is 22.4 Å². The van der Waals surface area contributed by atoms with Gasteiger partial charge in [0.15, 0.2) is 5.78 Å². The van der Waals surface area contributed by atoms with Crippen LogP contribution in [-0.2, 0) is 6.18 Å². The van der Waals surface area contributed by atoms with Gasteiger partial charge in [-0.2, -0.15) is 13.2 Å². The lowest BCUT2D eigenvalue weighted by Gasteiger charge is -2.09. The van der Waals surface area contributed by atoms with E-state index >= 15 is 0 Å². The molecule has 0 saturated heterocycles. The van der Waals surface area contributed by atoms with Crippen molar-refractivity contribution in [3.63, 3.8) is 0 Å². The van der Waals surface area contributed by atoms with Crippen molar-refractivity contribution in [3.05, 3.63) is 63.7 Å². The fraction of sp³-hybridized carbons (Fsp3) is 0.143. The van der Waals surface area contributed by atoms with E-state index in [0.29, 0.717) is 11.6 Å². The molecule has 21 heavy (non-hydrogen) atoms. The maximum Gasteiger partial charge on any atom is 0.433 e. The van der Waals surface area contributed by atoms with E-state index in [-0.39, 0.29) is 11.1 Å². The van der Waals surface area contributed by atoms with E-state index < -0.39 is 28.6 Å². The molecular weight excluding hydrogens is 310 g/mol. The highest BCUT2D eigenvalue weighted by molar-refractivity contribution is 6.33. The minimum absolute atomic E-state index is 0.00374. The highest BCUT2D eigenvalue weighted by atomic mass is 35.5. The van der Waals surface area contributed by atoms with Crippen LogP contribution in [0.3, 0.4) is 0 Å². The van der Waals surface area contributed by atoms with E-state index in [0.717, 1.165) is 12.1 Å². The molecule has 7 heteroatoms. The third-order valence-corrected chi connectivity index (χ3v) is 2.98. The van der Waals surface area contributed by atoms with Gasteiger partial charge in [-0.15, -0.1) is 0 Å². The Morgan fingerprint density at radius 2 is 1.86 bits per heavy atom. The Bertz CT molecular complexity index is 692. The van der Waals surface area contributed by atoms with Crippen LogP contribution in [0.1, 0.15) is 27.2 Å². The number of hydrogen-bond donors (Lipinski definition) is 0. The summed E-state index contributed by atoms with van der Waals surface area (Å²) in [5.74, 6) is -1.31. The zero-order valence-corrected chi connectivity index (χ0v) is 11.4. The van der Waals surface area contributed by atoms with E-state index in [4.69, 9.17) is 11.6 Å². The van der Waals surface area contributed by atoms with Crippen LogP contribution in [-0.4, -0.2) is 10.8 Å². The number of halogens is 5. The third-order valence-electron chi connectivity index (χ3n) is 2.69. The summed E-state index contributed by atoms with van der Waals surface area (Å²) in [5, 5.41) is -0.572. The molecule has 0 amide bonds. The Kier molecular flexibility index (Phi) is 4.00. The van der Waals surface area contributed by atoms with Crippen molar-refractivity contribution in [1.29, 1.82) is 0 Å². The van der Waals surface area contributed by atoms with E-state index in [1.807, 2.05) is 0 Å². The van der Waals surface area contributed by atoms with Crippen LogP contribution in [0.15, 0.2) is 30.3 Å². The normalized spacial score (nSPS) is 11.5. The number of pyridine rings is 1. The van der Waals surface area contributed by atoms with Crippen LogP contribution >= 0.6 is 11.6 Å². The standard InChI is InChI=1S/C14H8ClF4NO/c1-7-4-8(6-9(16)5-7)12(21)10-2-3-11(14(17,18)19)20-13(10)15/h2-6H,1H3. The second-order valence-electron chi connectivity index (χ2n) is 4.38. The molecule has 0 spiro atoms. The summed E-state index contributed by atoms with van der Waals surface area (Å²) < 4.78 is 50.7. The van der Waals surface area contributed by atoms with E-state index in [1.165, 1.54) is 12.1 Å². The fourth-order valence-electron chi connectivity index (χ4n) is 1.78. The predicted octanol–water partition coefficient (Wildman–Crippen LogP) is 4.43. The summed E-state index contributed by atoms with van der Waals surface area (Å²) in [6.45, 7) is 1.59. The minimum atomic E-state index is -4.65. The van der Waals surface area contributed by atoms with Gasteiger partial charge in [0.05, 0.1) is 5.56 Å². The number of hydrogen-bond acceptors (Lipinski definition) is 2. The molecule has 1 aromatic carbocycles. The second kappa shape index (κ2) is 5.44. The highest BCUT2D eigenvalue weighted by Crippen LogP contribution is 2.30. The number of ketones is 1. The van der Waals surface area contributed by atoms with Crippen LogP contribution < -0.4 is 0 Å². The molecule has 0 unspecified atom stereocenters. The third kappa shape index (κ3) is 3.39. The number of carbonyl (C=O) groups is 1. The Morgan fingerprint density at radius 3 is 2.38 bits per heavy atom. The molecule has 0 radical (unpaired) electrons. The van der Waals surface area contributed by atoms with Crippen molar-refractivity contribution >= 4 is 17.4 Å². The second-order valence-corrected chi connectivity index (χ2v) is 4.74. The summed E-state index contributed by atoms with van der Waals surface area (Å²) in [5.41, 5.74) is -0.903. The van der Waals surface area contributed by atoms with Gasteiger partial charge < -0.3 is 0 Å². The number of aromatic nitrogens is 1. The topological polar surface area (TPSA) is 30.0 Å². The average Bonchev–Trinajstić information content (AvgIpc) is 2.35. The number of alkyl halides is 3. The van der Waals surface area contributed by atoms with Gasteiger partial charge in [-0.25, -0.2) is 9.37 Å². The van der Waals surface area contributed by atoms with Gasteiger partial charge in [0.2, 0.25) is 0 Å². The van der Waals surface area contributed by atoms with Crippen molar-refractivity contribution in [2.75, 3.05) is 0 Å². The first-order valence-corrected chi connectivity index (χ1v) is 6.12. The molecule has 0 saturated carbocycles. The monoisotopic (exact) mass is 317 g/mol. The van der Waals surface area contributed by atoms with Crippen LogP contribution in [0.2, 0.25) is 5.15 Å². The van der Waals surface area contributed by atoms with Crippen LogP contribution in [0.25, 0.3) is 0 Å². The van der Waals surface area contributed by atoms with Crippen molar-refractivity contribution < 1.29 is 22.4 Å². The van der Waals surface area contributed by atoms with Gasteiger partial charge in [-0.05, 0) is 42.8 Å². The molecule has 1 heterocycles. The highest BCUT2D eigenvalue weighted by Gasteiger charge is 2.33. The zero-order valence-electron chi connectivity index (χ0n) is 10.6. The van der Waals surface area contributed by atoms with Crippen LogP contribution in [0, 0.1) is 12.7 Å². The summed E-state index contributed by atoms with van der Waals surface area (Å²) in [7, 11) is 0. The van der Waals surface area contributed by atoms with Gasteiger partial charge >= 0.3 is 6.18 Å². The lowest BCUT2D eigenvalue weighted by molar-refractivity contribution is -0.141. The molecule has 0 aliphatic heterocycles. The number of rotatable bonds is 2. The van der Waals surface area contributed by atoms with Gasteiger partial charge in [-0.3, -0.25) is 4.79 Å². The number of benzene rings is 1. The van der Waals surface area contributed by atoms with Crippen molar-refractivity contribution in [2.45, 2.75) is 13.1 Å². The lowest BCUT2D eigenvalue weighted by Crippen LogP contribution is -2.11. The molecule has 0 aliphatic carbocycles. The molecule has 110 valence electrons. The first-order chi connectivity index (χ1) is 9.68. The number of carbonyl (C=O) groups excluding carboxylic acids is 1. The molecule has 0 atom stereocenters. The molecule has 2 aromatic rings. The molecular formula is C14H8ClF4NO. The summed E-state index contributed by atoms with van der Waals surface area (Å²) in [6, 6.07) is 5.22. The van der Waals surface area contributed by atoms with Gasteiger partial charge in [0.1, 0.15) is 16.7 Å². The lowest BCUT2D eigenvalue weighted by atomic mass is 10.0. The van der Waals surface area contributed by atoms with E-state index in [2.05, 4.69) is 4.98 Å². The van der Waals surface area contributed by atoms with Gasteiger partial charge in [-0.1, -0.05) is 11.6 Å². The van der Waals surface area contributed by atoms with Crippen LogP contribution in [0.4, 0.5) is 17.6 Å². The first-order valence-electron chi connectivity index (χ1n) is 5.74.